The highest BCUT2D eigenvalue weighted by Gasteiger charge is 2.26. The monoisotopic (exact) mass is 237 g/mol. The van der Waals surface area contributed by atoms with Crippen LogP contribution in [0.5, 0.6) is 0 Å². The lowest BCUT2D eigenvalue weighted by atomic mass is 10.1. The Morgan fingerprint density at radius 3 is 2.88 bits per heavy atom. The van der Waals surface area contributed by atoms with Crippen molar-refractivity contribution in [2.75, 3.05) is 13.1 Å². The van der Waals surface area contributed by atoms with Gasteiger partial charge in [-0.25, -0.2) is 4.98 Å². The second-order valence-electron chi connectivity index (χ2n) is 4.87. The molecule has 0 bridgehead atoms. The summed E-state index contributed by atoms with van der Waals surface area (Å²) in [4.78, 5) is 6.80. The second kappa shape index (κ2) is 5.65. The molecule has 1 aromatic heterocycles. The van der Waals surface area contributed by atoms with Gasteiger partial charge in [-0.05, 0) is 19.8 Å². The average Bonchev–Trinajstić information content (AvgIpc) is 2.74. The number of hydrogen-bond acceptors (Lipinski definition) is 4. The fourth-order valence-electron chi connectivity index (χ4n) is 2.45. The third-order valence-electron chi connectivity index (χ3n) is 3.58. The van der Waals surface area contributed by atoms with Crippen LogP contribution in [-0.4, -0.2) is 35.1 Å². The zero-order valence-corrected chi connectivity index (χ0v) is 11.1. The van der Waals surface area contributed by atoms with Crippen LogP contribution in [0.15, 0.2) is 10.6 Å². The van der Waals surface area contributed by atoms with E-state index in [0.29, 0.717) is 12.1 Å². The van der Waals surface area contributed by atoms with Crippen LogP contribution >= 0.6 is 0 Å². The number of aromatic nitrogens is 1. The summed E-state index contributed by atoms with van der Waals surface area (Å²) in [5, 5.41) is 3.60. The lowest BCUT2D eigenvalue weighted by Crippen LogP contribution is -2.55. The minimum atomic E-state index is 0.602. The van der Waals surface area contributed by atoms with Crippen LogP contribution in [0, 0.1) is 6.92 Å². The van der Waals surface area contributed by atoms with Gasteiger partial charge in [-0.1, -0.05) is 13.8 Å². The Bertz CT molecular complexity index is 350. The Balaban J connectivity index is 2.00. The van der Waals surface area contributed by atoms with E-state index in [1.165, 1.54) is 12.8 Å². The van der Waals surface area contributed by atoms with Gasteiger partial charge in [0.15, 0.2) is 0 Å². The van der Waals surface area contributed by atoms with Crippen molar-refractivity contribution in [1.29, 1.82) is 0 Å². The quantitative estimate of drug-likeness (QED) is 0.869. The molecule has 17 heavy (non-hydrogen) atoms. The lowest BCUT2D eigenvalue weighted by Gasteiger charge is -2.39. The number of nitrogens with one attached hydrogen (secondary N) is 1. The van der Waals surface area contributed by atoms with Gasteiger partial charge in [0, 0.05) is 25.2 Å². The molecule has 1 fully saturated rings. The van der Waals surface area contributed by atoms with E-state index in [1.54, 1.807) is 6.20 Å². The Kier molecular flexibility index (Phi) is 4.18. The summed E-state index contributed by atoms with van der Waals surface area (Å²) in [6.07, 6.45) is 4.15. The van der Waals surface area contributed by atoms with Gasteiger partial charge in [-0.15, -0.1) is 0 Å². The number of hydrogen-bond donors (Lipinski definition) is 1. The van der Waals surface area contributed by atoms with Gasteiger partial charge in [-0.3, -0.25) is 4.90 Å². The van der Waals surface area contributed by atoms with Crippen LogP contribution in [0.4, 0.5) is 0 Å². The van der Waals surface area contributed by atoms with Crippen molar-refractivity contribution < 1.29 is 4.42 Å². The Morgan fingerprint density at radius 2 is 2.29 bits per heavy atom. The number of nitrogens with zero attached hydrogens (tertiary/aromatic N) is 2. The first-order valence-electron chi connectivity index (χ1n) is 6.61. The molecule has 1 aliphatic rings. The first-order valence-corrected chi connectivity index (χ1v) is 6.61. The van der Waals surface area contributed by atoms with Crippen molar-refractivity contribution in [2.24, 2.45) is 0 Å². The number of piperazine rings is 1. The lowest BCUT2D eigenvalue weighted by molar-refractivity contribution is 0.107. The van der Waals surface area contributed by atoms with Gasteiger partial charge in [0.05, 0.1) is 12.7 Å². The fourth-order valence-corrected chi connectivity index (χ4v) is 2.45. The summed E-state index contributed by atoms with van der Waals surface area (Å²) < 4.78 is 5.57. The Labute approximate surface area is 103 Å². The molecule has 4 heteroatoms. The second-order valence-corrected chi connectivity index (χ2v) is 4.87. The van der Waals surface area contributed by atoms with Crippen LogP contribution in [0.1, 0.15) is 38.3 Å². The largest absolute Gasteiger partial charge is 0.445 e. The van der Waals surface area contributed by atoms with Gasteiger partial charge < -0.3 is 9.73 Å². The molecule has 1 N–H and O–H groups in total. The molecular formula is C13H23N3O. The molecular weight excluding hydrogens is 214 g/mol. The predicted molar refractivity (Wildman–Crippen MR) is 67.8 cm³/mol. The molecule has 0 radical (unpaired) electrons. The fraction of sp³-hybridized carbons (Fsp3) is 0.769. The molecule has 2 heterocycles. The average molecular weight is 237 g/mol. The molecule has 1 aliphatic heterocycles. The Hall–Kier alpha value is -0.870. The van der Waals surface area contributed by atoms with Crippen LogP contribution in [0.25, 0.3) is 0 Å². The van der Waals surface area contributed by atoms with E-state index in [4.69, 9.17) is 4.42 Å². The van der Waals surface area contributed by atoms with E-state index in [0.717, 1.165) is 31.3 Å². The maximum absolute atomic E-state index is 5.57. The summed E-state index contributed by atoms with van der Waals surface area (Å²) in [7, 11) is 0. The summed E-state index contributed by atoms with van der Waals surface area (Å²) >= 11 is 0. The van der Waals surface area contributed by atoms with Gasteiger partial charge in [0.25, 0.3) is 0 Å². The zero-order valence-electron chi connectivity index (χ0n) is 11.1. The Morgan fingerprint density at radius 1 is 1.47 bits per heavy atom. The summed E-state index contributed by atoms with van der Waals surface area (Å²) in [6.45, 7) is 9.43. The predicted octanol–water partition coefficient (Wildman–Crippen LogP) is 1.95. The molecule has 2 atom stereocenters. The molecule has 0 aliphatic carbocycles. The summed E-state index contributed by atoms with van der Waals surface area (Å²) in [5.41, 5.74) is 0. The molecule has 0 saturated carbocycles. The normalized spacial score (nSPS) is 26.3. The minimum absolute atomic E-state index is 0.602. The van der Waals surface area contributed by atoms with E-state index in [-0.39, 0.29) is 0 Å². The first-order chi connectivity index (χ1) is 8.22. The highest BCUT2D eigenvalue weighted by Crippen LogP contribution is 2.15. The van der Waals surface area contributed by atoms with Gasteiger partial charge in [0.1, 0.15) is 5.76 Å². The van der Waals surface area contributed by atoms with Crippen molar-refractivity contribution in [2.45, 2.75) is 52.2 Å². The SMILES string of the molecule is CCC1CN(Cc2ncc(C)o2)C(CC)CN1. The topological polar surface area (TPSA) is 41.3 Å². The number of aryl methyl sites for hydroxylation is 1. The van der Waals surface area contributed by atoms with Crippen molar-refractivity contribution in [3.05, 3.63) is 17.8 Å². The van der Waals surface area contributed by atoms with E-state index in [2.05, 4.69) is 29.0 Å². The molecule has 1 saturated heterocycles. The minimum Gasteiger partial charge on any atom is -0.445 e. The van der Waals surface area contributed by atoms with Gasteiger partial charge >= 0.3 is 0 Å². The first kappa shape index (κ1) is 12.6. The van der Waals surface area contributed by atoms with E-state index in [1.807, 2.05) is 6.92 Å². The molecule has 2 unspecified atom stereocenters. The van der Waals surface area contributed by atoms with Crippen LogP contribution in [0.3, 0.4) is 0 Å². The third kappa shape index (κ3) is 3.07. The molecule has 0 spiro atoms. The van der Waals surface area contributed by atoms with Crippen LogP contribution in [0.2, 0.25) is 0 Å². The summed E-state index contributed by atoms with van der Waals surface area (Å²) in [6, 6.07) is 1.21. The van der Waals surface area contributed by atoms with Crippen LogP contribution in [-0.2, 0) is 6.54 Å². The van der Waals surface area contributed by atoms with E-state index >= 15 is 0 Å². The highest BCUT2D eigenvalue weighted by atomic mass is 16.4. The van der Waals surface area contributed by atoms with Crippen molar-refractivity contribution >= 4 is 0 Å². The molecule has 2 rings (SSSR count). The van der Waals surface area contributed by atoms with Gasteiger partial charge in [0.2, 0.25) is 5.89 Å². The smallest absolute Gasteiger partial charge is 0.208 e. The highest BCUT2D eigenvalue weighted by molar-refractivity contribution is 4.93. The molecule has 1 aromatic rings. The zero-order chi connectivity index (χ0) is 12.3. The van der Waals surface area contributed by atoms with Crippen LogP contribution < -0.4 is 5.32 Å². The number of rotatable bonds is 4. The van der Waals surface area contributed by atoms with E-state index in [9.17, 15) is 0 Å². The molecule has 96 valence electrons. The van der Waals surface area contributed by atoms with Crippen molar-refractivity contribution in [3.8, 4) is 0 Å². The maximum Gasteiger partial charge on any atom is 0.208 e. The maximum atomic E-state index is 5.57. The van der Waals surface area contributed by atoms with E-state index < -0.39 is 0 Å². The molecule has 0 amide bonds. The molecule has 4 nitrogen and oxygen atoms in total. The van der Waals surface area contributed by atoms with Crippen molar-refractivity contribution in [1.82, 2.24) is 15.2 Å². The third-order valence-corrected chi connectivity index (χ3v) is 3.58. The standard InChI is InChI=1S/C13H23N3O/c1-4-11-8-16(12(5-2)7-14-11)9-13-15-6-10(3)17-13/h6,11-12,14H,4-5,7-9H2,1-3H3. The van der Waals surface area contributed by atoms with Crippen molar-refractivity contribution in [3.63, 3.8) is 0 Å². The van der Waals surface area contributed by atoms with Gasteiger partial charge in [-0.2, -0.15) is 0 Å². The molecule has 0 aromatic carbocycles. The number of oxazole rings is 1. The summed E-state index contributed by atoms with van der Waals surface area (Å²) in [5.74, 6) is 1.74.